The number of aromatic nitrogens is 4. The molecule has 0 radical (unpaired) electrons. The fraction of sp³-hybridized carbons (Fsp3) is 0.389. The highest BCUT2D eigenvalue weighted by Crippen LogP contribution is 2.41. The number of fused-ring (bicyclic) bond motifs is 2. The maximum absolute atomic E-state index is 13.2. The van der Waals surface area contributed by atoms with Crippen molar-refractivity contribution in [1.82, 2.24) is 24.2 Å². The van der Waals surface area contributed by atoms with E-state index in [1.807, 2.05) is 0 Å². The van der Waals surface area contributed by atoms with Crippen LogP contribution < -0.4 is 11.0 Å². The second-order valence-corrected chi connectivity index (χ2v) is 9.39. The summed E-state index contributed by atoms with van der Waals surface area (Å²) in [4.78, 5) is 25.2. The lowest BCUT2D eigenvalue weighted by Crippen LogP contribution is -2.33. The number of aromatic amines is 2. The summed E-state index contributed by atoms with van der Waals surface area (Å²) >= 11 is 0. The Morgan fingerprint density at radius 1 is 1.11 bits per heavy atom. The van der Waals surface area contributed by atoms with E-state index in [0.29, 0.717) is 30.0 Å². The number of benzene rings is 1. The third-order valence-corrected chi connectivity index (χ3v) is 7.67. The van der Waals surface area contributed by atoms with Crippen LogP contribution in [-0.4, -0.2) is 51.8 Å². The van der Waals surface area contributed by atoms with E-state index in [0.717, 1.165) is 18.7 Å². The van der Waals surface area contributed by atoms with Gasteiger partial charge < -0.3 is 15.3 Å². The Hall–Kier alpha value is -2.72. The van der Waals surface area contributed by atoms with Crippen molar-refractivity contribution in [1.29, 1.82) is 0 Å². The molecule has 1 saturated heterocycles. The molecule has 28 heavy (non-hydrogen) atoms. The summed E-state index contributed by atoms with van der Waals surface area (Å²) in [6.45, 7) is 1.000. The molecule has 1 aliphatic heterocycles. The summed E-state index contributed by atoms with van der Waals surface area (Å²) in [5, 5.41) is 3.41. The Kier molecular flexibility index (Phi) is 3.98. The van der Waals surface area contributed by atoms with Gasteiger partial charge in [-0.25, -0.2) is 18.2 Å². The molecule has 1 aromatic carbocycles. The van der Waals surface area contributed by atoms with Crippen LogP contribution in [0.3, 0.4) is 0 Å². The molecule has 3 aromatic rings. The van der Waals surface area contributed by atoms with Crippen LogP contribution in [0.4, 0.5) is 5.82 Å². The zero-order valence-electron chi connectivity index (χ0n) is 15.0. The first kappa shape index (κ1) is 17.4. The van der Waals surface area contributed by atoms with Crippen molar-refractivity contribution < 1.29 is 8.42 Å². The Morgan fingerprint density at radius 3 is 2.79 bits per heavy atom. The predicted molar refractivity (Wildman–Crippen MR) is 103 cm³/mol. The lowest BCUT2D eigenvalue weighted by Gasteiger charge is -2.22. The Bertz CT molecular complexity index is 1170. The maximum Gasteiger partial charge on any atom is 0.323 e. The first-order valence-corrected chi connectivity index (χ1v) is 10.7. The average Bonchev–Trinajstić information content (AvgIpc) is 3.36. The molecule has 2 fully saturated rings. The minimum Gasteiger partial charge on any atom is -0.366 e. The second-order valence-electron chi connectivity index (χ2n) is 7.45. The number of imidazole rings is 1. The van der Waals surface area contributed by atoms with Crippen molar-refractivity contribution in [2.75, 3.05) is 18.4 Å². The molecule has 0 unspecified atom stereocenters. The molecule has 2 aliphatic rings. The third-order valence-electron chi connectivity index (χ3n) is 5.85. The van der Waals surface area contributed by atoms with Crippen molar-refractivity contribution in [3.8, 4) is 0 Å². The minimum absolute atomic E-state index is 0.186. The van der Waals surface area contributed by atoms with Crippen LogP contribution in [0.25, 0.3) is 11.0 Å². The molecule has 3 atom stereocenters. The predicted octanol–water partition coefficient (Wildman–Crippen LogP) is 1.16. The van der Waals surface area contributed by atoms with Crippen molar-refractivity contribution in [2.45, 2.75) is 23.8 Å². The zero-order valence-corrected chi connectivity index (χ0v) is 15.8. The van der Waals surface area contributed by atoms with Crippen LogP contribution in [0, 0.1) is 11.8 Å². The van der Waals surface area contributed by atoms with Gasteiger partial charge in [-0.15, -0.1) is 0 Å². The SMILES string of the molecule is O=c1[nH]c2ccc(S(=O)(=O)N3C[C@@H]4CC[C@@H](Nc5cnccn5)[C@@H]4C3)cc2[nH]1. The van der Waals surface area contributed by atoms with Gasteiger partial charge in [-0.3, -0.25) is 4.98 Å². The highest BCUT2D eigenvalue weighted by molar-refractivity contribution is 7.89. The number of anilines is 1. The van der Waals surface area contributed by atoms with E-state index < -0.39 is 10.0 Å². The van der Waals surface area contributed by atoms with Crippen molar-refractivity contribution in [2.24, 2.45) is 11.8 Å². The van der Waals surface area contributed by atoms with Gasteiger partial charge in [0.25, 0.3) is 0 Å². The van der Waals surface area contributed by atoms with Gasteiger partial charge in [-0.05, 0) is 42.9 Å². The number of hydrogen-bond acceptors (Lipinski definition) is 6. The summed E-state index contributed by atoms with van der Waals surface area (Å²) in [5.41, 5.74) is 0.737. The van der Waals surface area contributed by atoms with Gasteiger partial charge in [0, 0.05) is 31.5 Å². The summed E-state index contributed by atoms with van der Waals surface area (Å²) in [6.07, 6.45) is 6.93. The molecule has 1 aliphatic carbocycles. The fourth-order valence-electron chi connectivity index (χ4n) is 4.48. The number of hydrogen-bond donors (Lipinski definition) is 3. The van der Waals surface area contributed by atoms with E-state index in [9.17, 15) is 13.2 Å². The Labute approximate surface area is 161 Å². The number of sulfonamides is 1. The molecule has 3 N–H and O–H groups in total. The number of H-pyrrole nitrogens is 2. The maximum atomic E-state index is 13.2. The van der Waals surface area contributed by atoms with Gasteiger partial charge in [-0.2, -0.15) is 4.31 Å². The summed E-state index contributed by atoms with van der Waals surface area (Å²) in [6, 6.07) is 4.87. The van der Waals surface area contributed by atoms with Crippen LogP contribution in [0.2, 0.25) is 0 Å². The largest absolute Gasteiger partial charge is 0.366 e. The van der Waals surface area contributed by atoms with Crippen LogP contribution in [0.15, 0.2) is 46.5 Å². The van der Waals surface area contributed by atoms with Crippen molar-refractivity contribution >= 4 is 26.9 Å². The Balaban J connectivity index is 1.37. The molecule has 0 bridgehead atoms. The standard InChI is InChI=1S/C18H20N6O3S/c25-18-22-15-4-2-12(7-16(15)23-18)28(26,27)24-9-11-1-3-14(13(11)10-24)21-17-8-19-5-6-20-17/h2,4-8,11,13-14H,1,3,9-10H2,(H,20,21)(H2,22,23,25)/t11-,13+,14+/m0/s1. The van der Waals surface area contributed by atoms with Gasteiger partial charge in [0.2, 0.25) is 10.0 Å². The molecular formula is C18H20N6O3S. The van der Waals surface area contributed by atoms with Gasteiger partial charge in [0.15, 0.2) is 0 Å². The highest BCUT2D eigenvalue weighted by atomic mass is 32.2. The highest BCUT2D eigenvalue weighted by Gasteiger charge is 2.46. The molecule has 9 nitrogen and oxygen atoms in total. The molecule has 146 valence electrons. The minimum atomic E-state index is -3.62. The zero-order chi connectivity index (χ0) is 19.3. The molecule has 0 spiro atoms. The first-order chi connectivity index (χ1) is 13.5. The topological polar surface area (TPSA) is 124 Å². The second kappa shape index (κ2) is 6.42. The van der Waals surface area contributed by atoms with E-state index in [4.69, 9.17) is 0 Å². The van der Waals surface area contributed by atoms with Crippen molar-refractivity contribution in [3.05, 3.63) is 47.3 Å². The quantitative estimate of drug-likeness (QED) is 0.604. The molecule has 3 heterocycles. The van der Waals surface area contributed by atoms with Crippen LogP contribution in [-0.2, 0) is 10.0 Å². The molecular weight excluding hydrogens is 380 g/mol. The molecule has 1 saturated carbocycles. The fourth-order valence-corrected chi connectivity index (χ4v) is 6.05. The third kappa shape index (κ3) is 2.89. The van der Waals surface area contributed by atoms with Crippen LogP contribution >= 0.6 is 0 Å². The number of nitrogens with one attached hydrogen (secondary N) is 3. The van der Waals surface area contributed by atoms with Gasteiger partial charge >= 0.3 is 5.69 Å². The normalized spacial score (nSPS) is 25.2. The lowest BCUT2D eigenvalue weighted by molar-refractivity contribution is 0.436. The van der Waals surface area contributed by atoms with E-state index in [2.05, 4.69) is 25.3 Å². The van der Waals surface area contributed by atoms with Gasteiger partial charge in [0.1, 0.15) is 5.82 Å². The van der Waals surface area contributed by atoms with Crippen molar-refractivity contribution in [3.63, 3.8) is 0 Å². The van der Waals surface area contributed by atoms with Gasteiger partial charge in [-0.1, -0.05) is 0 Å². The number of rotatable bonds is 4. The molecule has 2 aromatic heterocycles. The Morgan fingerprint density at radius 2 is 1.96 bits per heavy atom. The monoisotopic (exact) mass is 400 g/mol. The van der Waals surface area contributed by atoms with E-state index in [1.165, 1.54) is 6.07 Å². The van der Waals surface area contributed by atoms with E-state index in [-0.39, 0.29) is 22.5 Å². The van der Waals surface area contributed by atoms with E-state index >= 15 is 0 Å². The van der Waals surface area contributed by atoms with Gasteiger partial charge in [0.05, 0.1) is 22.1 Å². The molecule has 0 amide bonds. The first-order valence-electron chi connectivity index (χ1n) is 9.25. The van der Waals surface area contributed by atoms with E-state index in [1.54, 1.807) is 35.0 Å². The summed E-state index contributed by atoms with van der Waals surface area (Å²) in [7, 11) is -3.62. The lowest BCUT2D eigenvalue weighted by atomic mass is 9.98. The summed E-state index contributed by atoms with van der Waals surface area (Å²) < 4.78 is 27.9. The smallest absolute Gasteiger partial charge is 0.323 e. The van der Waals surface area contributed by atoms with Crippen LogP contribution in [0.5, 0.6) is 0 Å². The number of nitrogens with zero attached hydrogens (tertiary/aromatic N) is 3. The summed E-state index contributed by atoms with van der Waals surface area (Å²) in [5.74, 6) is 1.30. The molecule has 10 heteroatoms. The molecule has 5 rings (SSSR count). The average molecular weight is 400 g/mol. The van der Waals surface area contributed by atoms with Crippen LogP contribution in [0.1, 0.15) is 12.8 Å².